The average molecular weight is 297 g/mol. The number of nitriles is 2. The summed E-state index contributed by atoms with van der Waals surface area (Å²) in [5, 5.41) is 31.6. The summed E-state index contributed by atoms with van der Waals surface area (Å²) in [6, 6.07) is 22.2. The van der Waals surface area contributed by atoms with Crippen LogP contribution in [0.1, 0.15) is 11.3 Å². The fraction of sp³-hybridized carbons (Fsp3) is 0. The minimum absolute atomic E-state index is 0.0449. The number of nitrogens with one attached hydrogen (secondary N) is 1. The van der Waals surface area contributed by atoms with Gasteiger partial charge in [0, 0.05) is 5.56 Å². The minimum atomic E-state index is -0.0449. The van der Waals surface area contributed by atoms with Crippen molar-refractivity contribution in [3.8, 4) is 29.0 Å². The van der Waals surface area contributed by atoms with Crippen LogP contribution in [0, 0.1) is 28.1 Å². The van der Waals surface area contributed by atoms with Crippen molar-refractivity contribution in [1.82, 2.24) is 9.78 Å². The van der Waals surface area contributed by atoms with Crippen LogP contribution in [-0.2, 0) is 0 Å². The van der Waals surface area contributed by atoms with Gasteiger partial charge in [-0.25, -0.2) is 4.68 Å². The summed E-state index contributed by atoms with van der Waals surface area (Å²) in [5.41, 5.74) is 1.93. The zero-order valence-electron chi connectivity index (χ0n) is 12.1. The van der Waals surface area contributed by atoms with Crippen LogP contribution in [0.25, 0.3) is 16.8 Å². The van der Waals surface area contributed by atoms with Crippen LogP contribution in [-0.4, -0.2) is 9.78 Å². The van der Waals surface area contributed by atoms with E-state index in [1.54, 1.807) is 24.3 Å². The Kier molecular flexibility index (Phi) is 3.70. The smallest absolute Gasteiger partial charge is 0.170 e. The molecular formula is C18H11N5. The summed E-state index contributed by atoms with van der Waals surface area (Å²) >= 11 is 0. The molecule has 3 rings (SSSR count). The molecule has 1 heterocycles. The van der Waals surface area contributed by atoms with E-state index in [-0.39, 0.29) is 16.7 Å². The van der Waals surface area contributed by atoms with Crippen molar-refractivity contribution in [1.29, 1.82) is 15.9 Å². The highest BCUT2D eigenvalue weighted by Crippen LogP contribution is 2.24. The molecule has 5 heteroatoms. The molecule has 23 heavy (non-hydrogen) atoms. The third-order valence-electron chi connectivity index (χ3n) is 3.42. The summed E-state index contributed by atoms with van der Waals surface area (Å²) in [6.45, 7) is 0. The van der Waals surface area contributed by atoms with Gasteiger partial charge in [-0.2, -0.15) is 15.6 Å². The molecule has 0 saturated heterocycles. The fourth-order valence-corrected chi connectivity index (χ4v) is 2.37. The first kappa shape index (κ1) is 14.2. The molecule has 0 spiro atoms. The quantitative estimate of drug-likeness (QED) is 0.788. The Morgan fingerprint density at radius 2 is 1.48 bits per heavy atom. The largest absolute Gasteiger partial charge is 0.282 e. The summed E-state index contributed by atoms with van der Waals surface area (Å²) < 4.78 is 1.31. The highest BCUT2D eigenvalue weighted by atomic mass is 15.3. The molecule has 0 aliphatic heterocycles. The van der Waals surface area contributed by atoms with Gasteiger partial charge in [0.15, 0.2) is 11.2 Å². The predicted octanol–water partition coefficient (Wildman–Crippen LogP) is 2.76. The molecule has 0 radical (unpaired) electrons. The number of hydrogen-bond acceptors (Lipinski definition) is 4. The van der Waals surface area contributed by atoms with Crippen molar-refractivity contribution in [2.45, 2.75) is 0 Å². The fourth-order valence-electron chi connectivity index (χ4n) is 2.37. The molecule has 0 aliphatic carbocycles. The highest BCUT2D eigenvalue weighted by molar-refractivity contribution is 5.74. The number of hydrogen-bond donors (Lipinski definition) is 1. The Hall–Kier alpha value is -3.70. The predicted molar refractivity (Wildman–Crippen MR) is 84.3 cm³/mol. The van der Waals surface area contributed by atoms with E-state index in [0.29, 0.717) is 16.8 Å². The molecule has 0 bridgehead atoms. The Morgan fingerprint density at radius 3 is 2.04 bits per heavy atom. The van der Waals surface area contributed by atoms with Gasteiger partial charge in [0.05, 0.1) is 5.69 Å². The van der Waals surface area contributed by atoms with Gasteiger partial charge >= 0.3 is 0 Å². The molecule has 0 amide bonds. The molecule has 0 atom stereocenters. The first-order valence-electron chi connectivity index (χ1n) is 6.89. The molecule has 0 aliphatic rings. The van der Waals surface area contributed by atoms with E-state index in [0.717, 1.165) is 0 Å². The Labute approximate surface area is 132 Å². The number of para-hydroxylation sites is 1. The van der Waals surface area contributed by atoms with Gasteiger partial charge in [-0.1, -0.05) is 48.5 Å². The SMILES string of the molecule is N#Cc1nn(-c2ccccc2)c(=N)c(C#N)c1-c1ccccc1. The first-order chi connectivity index (χ1) is 11.3. The molecule has 1 aromatic heterocycles. The van der Waals surface area contributed by atoms with Crippen LogP contribution in [0.4, 0.5) is 0 Å². The standard InChI is InChI=1S/C18H11N5/c19-11-15-17(13-7-3-1-4-8-13)16(12-20)22-23(18(15)21)14-9-5-2-6-10-14/h1-10,21H. The summed E-state index contributed by atoms with van der Waals surface area (Å²) in [4.78, 5) is 0. The summed E-state index contributed by atoms with van der Waals surface area (Å²) in [7, 11) is 0. The topological polar surface area (TPSA) is 89.2 Å². The Morgan fingerprint density at radius 1 is 0.870 bits per heavy atom. The lowest BCUT2D eigenvalue weighted by molar-refractivity contribution is 0.763. The second kappa shape index (κ2) is 5.97. The minimum Gasteiger partial charge on any atom is -0.282 e. The molecule has 0 fully saturated rings. The molecule has 3 aromatic rings. The van der Waals surface area contributed by atoms with Gasteiger partial charge in [-0.3, -0.25) is 5.41 Å². The Balaban J connectivity index is 2.38. The van der Waals surface area contributed by atoms with Gasteiger partial charge in [0.1, 0.15) is 17.7 Å². The molecule has 5 nitrogen and oxygen atoms in total. The van der Waals surface area contributed by atoms with E-state index in [2.05, 4.69) is 5.10 Å². The third-order valence-corrected chi connectivity index (χ3v) is 3.42. The second-order valence-electron chi connectivity index (χ2n) is 4.78. The van der Waals surface area contributed by atoms with Gasteiger partial charge < -0.3 is 0 Å². The van der Waals surface area contributed by atoms with Gasteiger partial charge in [-0.05, 0) is 17.7 Å². The third kappa shape index (κ3) is 2.48. The van der Waals surface area contributed by atoms with E-state index in [4.69, 9.17) is 5.41 Å². The van der Waals surface area contributed by atoms with Crippen LogP contribution >= 0.6 is 0 Å². The van der Waals surface area contributed by atoms with E-state index in [1.807, 2.05) is 48.5 Å². The lowest BCUT2D eigenvalue weighted by Crippen LogP contribution is -2.26. The molecule has 0 unspecified atom stereocenters. The van der Waals surface area contributed by atoms with Crippen LogP contribution in [0.2, 0.25) is 0 Å². The van der Waals surface area contributed by atoms with Crippen LogP contribution in [0.15, 0.2) is 60.7 Å². The number of aromatic nitrogens is 2. The molecule has 1 N–H and O–H groups in total. The number of rotatable bonds is 2. The zero-order valence-corrected chi connectivity index (χ0v) is 12.1. The molecule has 0 saturated carbocycles. The van der Waals surface area contributed by atoms with Crippen molar-refractivity contribution in [2.24, 2.45) is 0 Å². The van der Waals surface area contributed by atoms with Gasteiger partial charge in [0.25, 0.3) is 0 Å². The summed E-state index contributed by atoms with van der Waals surface area (Å²) in [5.74, 6) is 0. The molecule has 108 valence electrons. The number of benzene rings is 2. The van der Waals surface area contributed by atoms with Crippen molar-refractivity contribution in [3.05, 3.63) is 77.4 Å². The molecule has 2 aromatic carbocycles. The van der Waals surface area contributed by atoms with Crippen molar-refractivity contribution in [3.63, 3.8) is 0 Å². The maximum absolute atomic E-state index is 9.53. The normalized spacial score (nSPS) is 9.83. The summed E-state index contributed by atoms with van der Waals surface area (Å²) in [6.07, 6.45) is 0. The first-order valence-corrected chi connectivity index (χ1v) is 6.89. The van der Waals surface area contributed by atoms with Crippen molar-refractivity contribution >= 4 is 0 Å². The zero-order chi connectivity index (χ0) is 16.2. The second-order valence-corrected chi connectivity index (χ2v) is 4.78. The lowest BCUT2D eigenvalue weighted by Gasteiger charge is -2.12. The van der Waals surface area contributed by atoms with E-state index in [1.165, 1.54) is 4.68 Å². The molecular weight excluding hydrogens is 286 g/mol. The van der Waals surface area contributed by atoms with Crippen molar-refractivity contribution < 1.29 is 0 Å². The van der Waals surface area contributed by atoms with E-state index < -0.39 is 0 Å². The monoisotopic (exact) mass is 297 g/mol. The highest BCUT2D eigenvalue weighted by Gasteiger charge is 2.17. The number of nitrogens with zero attached hydrogens (tertiary/aromatic N) is 4. The Bertz CT molecular complexity index is 990. The van der Waals surface area contributed by atoms with E-state index in [9.17, 15) is 10.5 Å². The van der Waals surface area contributed by atoms with Gasteiger partial charge in [-0.15, -0.1) is 0 Å². The van der Waals surface area contributed by atoms with Crippen LogP contribution in [0.3, 0.4) is 0 Å². The van der Waals surface area contributed by atoms with Crippen LogP contribution < -0.4 is 5.49 Å². The van der Waals surface area contributed by atoms with Gasteiger partial charge in [0.2, 0.25) is 0 Å². The van der Waals surface area contributed by atoms with E-state index >= 15 is 0 Å². The maximum Gasteiger partial charge on any atom is 0.170 e. The lowest BCUT2D eigenvalue weighted by atomic mass is 10.00. The van der Waals surface area contributed by atoms with Crippen molar-refractivity contribution in [2.75, 3.05) is 0 Å². The van der Waals surface area contributed by atoms with Crippen LogP contribution in [0.5, 0.6) is 0 Å². The average Bonchev–Trinajstić information content (AvgIpc) is 2.62. The maximum atomic E-state index is 9.53.